The summed E-state index contributed by atoms with van der Waals surface area (Å²) in [4.78, 5) is 4.01. The zero-order valence-corrected chi connectivity index (χ0v) is 13.2. The molecule has 2 N–H and O–H groups in total. The molecule has 2 aromatic rings. The summed E-state index contributed by atoms with van der Waals surface area (Å²) in [7, 11) is 1.51. The molecule has 1 unspecified atom stereocenters. The summed E-state index contributed by atoms with van der Waals surface area (Å²) in [5.74, 6) is -0.111. The molecule has 25 heavy (non-hydrogen) atoms. The SMILES string of the molecule is CN=C1C=C(c2ccccc2F)NC(c2ccccc2C(F)(F)F)N1. The van der Waals surface area contributed by atoms with Gasteiger partial charge in [0.1, 0.15) is 17.8 Å². The molecule has 2 aromatic carbocycles. The standard InChI is InChI=1S/C18H15F4N3/c1-23-16-10-15(12-7-3-5-9-14(12)19)24-17(25-16)11-6-2-4-8-13(11)18(20,21)22/h2-10,17,24H,1H3,(H,23,25). The predicted octanol–water partition coefficient (Wildman–Crippen LogP) is 4.11. The maximum absolute atomic E-state index is 14.1. The van der Waals surface area contributed by atoms with Crippen molar-refractivity contribution in [2.45, 2.75) is 12.3 Å². The number of benzene rings is 2. The first-order valence-electron chi connectivity index (χ1n) is 7.52. The topological polar surface area (TPSA) is 36.4 Å². The van der Waals surface area contributed by atoms with E-state index in [4.69, 9.17) is 0 Å². The molecule has 0 saturated carbocycles. The first kappa shape index (κ1) is 17.0. The molecule has 0 radical (unpaired) electrons. The van der Waals surface area contributed by atoms with Crippen molar-refractivity contribution in [1.82, 2.24) is 10.6 Å². The average molecular weight is 349 g/mol. The number of alkyl halides is 3. The number of aliphatic imine (C=N–C) groups is 1. The molecule has 0 spiro atoms. The van der Waals surface area contributed by atoms with Gasteiger partial charge < -0.3 is 10.6 Å². The number of nitrogens with one attached hydrogen (secondary N) is 2. The minimum Gasteiger partial charge on any atom is -0.361 e. The minimum absolute atomic E-state index is 0.0121. The minimum atomic E-state index is -4.50. The molecule has 1 atom stereocenters. The highest BCUT2D eigenvalue weighted by Crippen LogP contribution is 2.35. The highest BCUT2D eigenvalue weighted by Gasteiger charge is 2.36. The molecule has 3 rings (SSSR count). The number of halogens is 4. The van der Waals surface area contributed by atoms with Gasteiger partial charge in [0.25, 0.3) is 0 Å². The van der Waals surface area contributed by atoms with Crippen molar-refractivity contribution in [3.63, 3.8) is 0 Å². The second-order valence-corrected chi connectivity index (χ2v) is 5.45. The van der Waals surface area contributed by atoms with Gasteiger partial charge in [0.15, 0.2) is 0 Å². The zero-order chi connectivity index (χ0) is 18.0. The summed E-state index contributed by atoms with van der Waals surface area (Å²) in [5.41, 5.74) is -0.123. The van der Waals surface area contributed by atoms with Crippen LogP contribution >= 0.6 is 0 Å². The van der Waals surface area contributed by atoms with Gasteiger partial charge >= 0.3 is 6.18 Å². The van der Waals surface area contributed by atoms with Gasteiger partial charge in [-0.3, -0.25) is 4.99 Å². The summed E-state index contributed by atoms with van der Waals surface area (Å²) in [5, 5.41) is 5.82. The summed E-state index contributed by atoms with van der Waals surface area (Å²) < 4.78 is 54.0. The van der Waals surface area contributed by atoms with Gasteiger partial charge in [-0.25, -0.2) is 4.39 Å². The third kappa shape index (κ3) is 3.50. The van der Waals surface area contributed by atoms with E-state index in [1.807, 2.05) is 0 Å². The molecule has 7 heteroatoms. The van der Waals surface area contributed by atoms with Crippen LogP contribution in [0.3, 0.4) is 0 Å². The van der Waals surface area contributed by atoms with Crippen molar-refractivity contribution >= 4 is 11.5 Å². The molecule has 0 bridgehead atoms. The van der Waals surface area contributed by atoms with E-state index in [1.54, 1.807) is 24.3 Å². The van der Waals surface area contributed by atoms with E-state index in [-0.39, 0.29) is 11.1 Å². The Bertz CT molecular complexity index is 840. The first-order chi connectivity index (χ1) is 11.9. The maximum atomic E-state index is 14.1. The molecule has 0 amide bonds. The fraction of sp³-hybridized carbons (Fsp3) is 0.167. The number of rotatable bonds is 2. The Morgan fingerprint density at radius 2 is 1.64 bits per heavy atom. The second-order valence-electron chi connectivity index (χ2n) is 5.45. The normalized spacial score (nSPS) is 19.2. The number of amidine groups is 1. The van der Waals surface area contributed by atoms with E-state index in [0.717, 1.165) is 6.07 Å². The highest BCUT2D eigenvalue weighted by molar-refractivity contribution is 6.00. The second kappa shape index (κ2) is 6.58. The Balaban J connectivity index is 2.04. The quantitative estimate of drug-likeness (QED) is 0.801. The molecular formula is C18H15F4N3. The largest absolute Gasteiger partial charge is 0.416 e. The summed E-state index contributed by atoms with van der Waals surface area (Å²) in [6, 6.07) is 11.3. The van der Waals surface area contributed by atoms with Crippen molar-refractivity contribution in [3.8, 4) is 0 Å². The van der Waals surface area contributed by atoms with E-state index in [0.29, 0.717) is 11.5 Å². The lowest BCUT2D eigenvalue weighted by Crippen LogP contribution is -2.42. The van der Waals surface area contributed by atoms with Crippen LogP contribution < -0.4 is 10.6 Å². The van der Waals surface area contributed by atoms with Crippen LogP contribution in [-0.4, -0.2) is 12.9 Å². The maximum Gasteiger partial charge on any atom is 0.416 e. The molecule has 1 aliphatic rings. The van der Waals surface area contributed by atoms with Gasteiger partial charge in [0, 0.05) is 29.9 Å². The van der Waals surface area contributed by atoms with Crippen molar-refractivity contribution < 1.29 is 17.6 Å². The molecule has 3 nitrogen and oxygen atoms in total. The monoisotopic (exact) mass is 349 g/mol. The van der Waals surface area contributed by atoms with Crippen LogP contribution in [0.1, 0.15) is 22.9 Å². The van der Waals surface area contributed by atoms with Crippen molar-refractivity contribution in [1.29, 1.82) is 0 Å². The van der Waals surface area contributed by atoms with Crippen LogP contribution in [0.4, 0.5) is 17.6 Å². The van der Waals surface area contributed by atoms with Gasteiger partial charge in [-0.2, -0.15) is 13.2 Å². The number of hydrogen-bond donors (Lipinski definition) is 2. The third-order valence-corrected chi connectivity index (χ3v) is 3.86. The summed E-state index contributed by atoms with van der Waals surface area (Å²) in [6.07, 6.45) is -3.83. The van der Waals surface area contributed by atoms with Crippen molar-refractivity contribution in [2.24, 2.45) is 4.99 Å². The van der Waals surface area contributed by atoms with Gasteiger partial charge in [-0.15, -0.1) is 0 Å². The first-order valence-corrected chi connectivity index (χ1v) is 7.52. The molecule has 0 aromatic heterocycles. The highest BCUT2D eigenvalue weighted by atomic mass is 19.4. The van der Waals surface area contributed by atoms with E-state index < -0.39 is 23.7 Å². The molecule has 1 aliphatic heterocycles. The Hall–Kier alpha value is -2.83. The van der Waals surface area contributed by atoms with Gasteiger partial charge in [0.2, 0.25) is 0 Å². The van der Waals surface area contributed by atoms with Crippen molar-refractivity contribution in [3.05, 3.63) is 77.1 Å². The lowest BCUT2D eigenvalue weighted by molar-refractivity contribution is -0.138. The Labute approximate surface area is 142 Å². The molecular weight excluding hydrogens is 334 g/mol. The summed E-state index contributed by atoms with van der Waals surface area (Å²) in [6.45, 7) is 0. The molecule has 1 heterocycles. The molecule has 0 saturated heterocycles. The fourth-order valence-electron chi connectivity index (χ4n) is 2.69. The number of nitrogens with zero attached hydrogens (tertiary/aromatic N) is 1. The lowest BCUT2D eigenvalue weighted by atomic mass is 10.0. The van der Waals surface area contributed by atoms with E-state index in [9.17, 15) is 17.6 Å². The smallest absolute Gasteiger partial charge is 0.361 e. The van der Waals surface area contributed by atoms with Gasteiger partial charge in [-0.1, -0.05) is 30.3 Å². The van der Waals surface area contributed by atoms with Crippen LogP contribution in [0.2, 0.25) is 0 Å². The van der Waals surface area contributed by atoms with Gasteiger partial charge in [-0.05, 0) is 18.2 Å². The van der Waals surface area contributed by atoms with E-state index in [2.05, 4.69) is 15.6 Å². The molecule has 130 valence electrons. The fourth-order valence-corrected chi connectivity index (χ4v) is 2.69. The van der Waals surface area contributed by atoms with Crippen LogP contribution in [0, 0.1) is 5.82 Å². The van der Waals surface area contributed by atoms with Crippen LogP contribution in [0.5, 0.6) is 0 Å². The third-order valence-electron chi connectivity index (χ3n) is 3.86. The van der Waals surface area contributed by atoms with Crippen molar-refractivity contribution in [2.75, 3.05) is 7.05 Å². The average Bonchev–Trinajstić information content (AvgIpc) is 2.61. The number of hydrogen-bond acceptors (Lipinski definition) is 2. The Morgan fingerprint density at radius 3 is 2.32 bits per heavy atom. The Morgan fingerprint density at radius 1 is 0.960 bits per heavy atom. The van der Waals surface area contributed by atoms with E-state index in [1.165, 1.54) is 31.3 Å². The van der Waals surface area contributed by atoms with E-state index >= 15 is 0 Å². The van der Waals surface area contributed by atoms with Crippen LogP contribution in [0.25, 0.3) is 5.70 Å². The lowest BCUT2D eigenvalue weighted by Gasteiger charge is -2.30. The molecule has 0 aliphatic carbocycles. The predicted molar refractivity (Wildman–Crippen MR) is 88.2 cm³/mol. The summed E-state index contributed by atoms with van der Waals surface area (Å²) >= 11 is 0. The zero-order valence-electron chi connectivity index (χ0n) is 13.2. The van der Waals surface area contributed by atoms with Crippen LogP contribution in [-0.2, 0) is 6.18 Å². The Kier molecular flexibility index (Phi) is 4.48. The van der Waals surface area contributed by atoms with Crippen LogP contribution in [0.15, 0.2) is 59.6 Å². The van der Waals surface area contributed by atoms with Gasteiger partial charge in [0.05, 0.1) is 5.56 Å². The molecule has 0 fully saturated rings.